The van der Waals surface area contributed by atoms with Crippen LogP contribution in [0.3, 0.4) is 0 Å². The fourth-order valence-electron chi connectivity index (χ4n) is 4.23. The predicted octanol–water partition coefficient (Wildman–Crippen LogP) is 1.77. The molecular weight excluding hydrogens is 420 g/mol. The van der Waals surface area contributed by atoms with Crippen LogP contribution in [-0.4, -0.2) is 77.1 Å². The smallest absolute Gasteiger partial charge is 0.261 e. The summed E-state index contributed by atoms with van der Waals surface area (Å²) in [4.78, 5) is 55.3. The lowest BCUT2D eigenvalue weighted by Gasteiger charge is -2.34. The van der Waals surface area contributed by atoms with Gasteiger partial charge in [-0.2, -0.15) is 0 Å². The van der Waals surface area contributed by atoms with Gasteiger partial charge in [-0.25, -0.2) is 0 Å². The molecule has 2 aromatic rings. The van der Waals surface area contributed by atoms with Crippen molar-refractivity contribution in [2.45, 2.75) is 26.4 Å². The topological polar surface area (TPSA) is 90.0 Å². The van der Waals surface area contributed by atoms with E-state index in [4.69, 9.17) is 0 Å². The van der Waals surface area contributed by atoms with Gasteiger partial charge in [0.2, 0.25) is 5.91 Å². The average molecular weight is 449 g/mol. The largest absolute Gasteiger partial charge is 0.353 e. The van der Waals surface area contributed by atoms with Crippen molar-refractivity contribution < 1.29 is 19.2 Å². The summed E-state index contributed by atoms with van der Waals surface area (Å²) in [7, 11) is 0. The van der Waals surface area contributed by atoms with E-state index in [9.17, 15) is 19.2 Å². The second-order valence-electron chi connectivity index (χ2n) is 8.73. The molecule has 0 bridgehead atoms. The number of piperazine rings is 1. The molecule has 4 amide bonds. The first-order chi connectivity index (χ1) is 15.8. The van der Waals surface area contributed by atoms with Crippen molar-refractivity contribution in [3.05, 3.63) is 70.8 Å². The van der Waals surface area contributed by atoms with E-state index in [0.717, 1.165) is 5.56 Å². The first-order valence-corrected chi connectivity index (χ1v) is 11.2. The van der Waals surface area contributed by atoms with Gasteiger partial charge < -0.3 is 10.2 Å². The zero-order chi connectivity index (χ0) is 23.5. The number of benzene rings is 2. The molecule has 1 saturated heterocycles. The number of fused-ring (bicyclic) bond motifs is 1. The number of rotatable bonds is 6. The summed E-state index contributed by atoms with van der Waals surface area (Å²) in [5.74, 6) is -0.731. The Hall–Kier alpha value is -3.52. The Morgan fingerprint density at radius 3 is 2.15 bits per heavy atom. The molecule has 0 atom stereocenters. The molecule has 0 radical (unpaired) electrons. The molecule has 33 heavy (non-hydrogen) atoms. The van der Waals surface area contributed by atoms with Crippen molar-refractivity contribution in [1.82, 2.24) is 20.0 Å². The second kappa shape index (κ2) is 9.54. The van der Waals surface area contributed by atoms with Crippen LogP contribution in [0.1, 0.15) is 50.5 Å². The molecule has 2 aromatic carbocycles. The molecule has 172 valence electrons. The van der Waals surface area contributed by atoms with Crippen LogP contribution in [0.15, 0.2) is 48.5 Å². The summed E-state index contributed by atoms with van der Waals surface area (Å²) in [5.41, 5.74) is 2.07. The van der Waals surface area contributed by atoms with Crippen molar-refractivity contribution in [3.63, 3.8) is 0 Å². The highest BCUT2D eigenvalue weighted by Gasteiger charge is 2.35. The minimum atomic E-state index is -0.315. The number of nitrogens with one attached hydrogen (secondary N) is 1. The molecule has 0 aromatic heterocycles. The Bertz CT molecular complexity index is 1050. The highest BCUT2D eigenvalue weighted by molar-refractivity contribution is 6.21. The Morgan fingerprint density at radius 1 is 0.909 bits per heavy atom. The first kappa shape index (κ1) is 22.7. The van der Waals surface area contributed by atoms with E-state index in [1.54, 1.807) is 47.4 Å². The third-order valence-electron chi connectivity index (χ3n) is 5.87. The van der Waals surface area contributed by atoms with Crippen LogP contribution < -0.4 is 5.32 Å². The van der Waals surface area contributed by atoms with Crippen LogP contribution in [0, 0.1) is 0 Å². The summed E-state index contributed by atoms with van der Waals surface area (Å²) < 4.78 is 0. The number of carbonyl (C=O) groups excluding carboxylic acids is 4. The van der Waals surface area contributed by atoms with Crippen LogP contribution in [0.2, 0.25) is 0 Å². The Balaban J connectivity index is 1.37. The van der Waals surface area contributed by atoms with Crippen molar-refractivity contribution in [2.75, 3.05) is 32.7 Å². The monoisotopic (exact) mass is 448 g/mol. The van der Waals surface area contributed by atoms with Crippen molar-refractivity contribution in [2.24, 2.45) is 0 Å². The maximum Gasteiger partial charge on any atom is 0.261 e. The molecule has 0 spiro atoms. The molecule has 2 aliphatic heterocycles. The van der Waals surface area contributed by atoms with Gasteiger partial charge in [0, 0.05) is 37.8 Å². The summed E-state index contributed by atoms with van der Waals surface area (Å²) in [6.07, 6.45) is 0. The van der Waals surface area contributed by atoms with E-state index in [1.165, 1.54) is 4.90 Å². The first-order valence-electron chi connectivity index (χ1n) is 11.2. The highest BCUT2D eigenvalue weighted by atomic mass is 16.2. The summed E-state index contributed by atoms with van der Waals surface area (Å²) in [6, 6.07) is 14.0. The molecule has 0 saturated carbocycles. The Morgan fingerprint density at radius 2 is 1.55 bits per heavy atom. The Kier molecular flexibility index (Phi) is 6.55. The van der Waals surface area contributed by atoms with Crippen LogP contribution in [0.5, 0.6) is 0 Å². The fourth-order valence-corrected chi connectivity index (χ4v) is 4.23. The third kappa shape index (κ3) is 4.96. The van der Waals surface area contributed by atoms with Crippen molar-refractivity contribution in [1.29, 1.82) is 0 Å². The van der Waals surface area contributed by atoms with Crippen LogP contribution in [0.4, 0.5) is 0 Å². The number of amides is 4. The zero-order valence-electron chi connectivity index (χ0n) is 18.9. The normalized spacial score (nSPS) is 16.3. The number of carbonyl (C=O) groups is 4. The fraction of sp³-hybridized carbons (Fsp3) is 0.360. The van der Waals surface area contributed by atoms with Gasteiger partial charge >= 0.3 is 0 Å². The molecule has 4 rings (SSSR count). The lowest BCUT2D eigenvalue weighted by Crippen LogP contribution is -2.51. The second-order valence-corrected chi connectivity index (χ2v) is 8.73. The third-order valence-corrected chi connectivity index (χ3v) is 5.87. The molecule has 8 nitrogen and oxygen atoms in total. The van der Waals surface area contributed by atoms with Crippen LogP contribution >= 0.6 is 0 Å². The van der Waals surface area contributed by atoms with E-state index in [-0.39, 0.29) is 36.2 Å². The Labute approximate surface area is 193 Å². The molecule has 2 aliphatic rings. The molecule has 0 unspecified atom stereocenters. The van der Waals surface area contributed by atoms with Gasteiger partial charge in [0.05, 0.1) is 24.2 Å². The maximum atomic E-state index is 13.1. The summed E-state index contributed by atoms with van der Waals surface area (Å²) in [5, 5.41) is 2.88. The van der Waals surface area contributed by atoms with E-state index < -0.39 is 0 Å². The van der Waals surface area contributed by atoms with Gasteiger partial charge in [-0.05, 0) is 43.7 Å². The minimum Gasteiger partial charge on any atom is -0.353 e. The standard InChI is InChI=1S/C25H28N4O4/c1-17(2)26-22(30)16-27-10-12-28(13-11-27)23(31)19-7-5-6-18(14-19)15-29-24(32)20-8-3-4-9-21(20)25(29)33/h3-9,14,17H,10-13,15-16H2,1-2H3,(H,26,30). The van der Waals surface area contributed by atoms with Crippen molar-refractivity contribution >= 4 is 23.6 Å². The van der Waals surface area contributed by atoms with E-state index in [2.05, 4.69) is 5.32 Å². The number of hydrogen-bond acceptors (Lipinski definition) is 5. The average Bonchev–Trinajstić information content (AvgIpc) is 3.04. The van der Waals surface area contributed by atoms with Crippen molar-refractivity contribution in [3.8, 4) is 0 Å². The molecule has 1 N–H and O–H groups in total. The lowest BCUT2D eigenvalue weighted by molar-refractivity contribution is -0.123. The van der Waals surface area contributed by atoms with Crippen LogP contribution in [0.25, 0.3) is 0 Å². The van der Waals surface area contributed by atoms with Gasteiger partial charge in [0.1, 0.15) is 0 Å². The highest BCUT2D eigenvalue weighted by Crippen LogP contribution is 2.24. The summed E-state index contributed by atoms with van der Waals surface area (Å²) >= 11 is 0. The maximum absolute atomic E-state index is 13.1. The molecule has 1 fully saturated rings. The number of hydrogen-bond donors (Lipinski definition) is 1. The van der Waals surface area contributed by atoms with E-state index in [0.29, 0.717) is 49.4 Å². The number of imide groups is 1. The quantitative estimate of drug-likeness (QED) is 0.681. The zero-order valence-corrected chi connectivity index (χ0v) is 18.9. The van der Waals surface area contributed by atoms with Crippen LogP contribution in [-0.2, 0) is 11.3 Å². The minimum absolute atomic E-state index is 0.00867. The van der Waals surface area contributed by atoms with Gasteiger partial charge in [-0.15, -0.1) is 0 Å². The van der Waals surface area contributed by atoms with Gasteiger partial charge in [0.15, 0.2) is 0 Å². The van der Waals surface area contributed by atoms with Gasteiger partial charge in [-0.1, -0.05) is 24.3 Å². The van der Waals surface area contributed by atoms with E-state index >= 15 is 0 Å². The molecule has 0 aliphatic carbocycles. The van der Waals surface area contributed by atoms with E-state index in [1.807, 2.05) is 24.8 Å². The summed E-state index contributed by atoms with van der Waals surface area (Å²) in [6.45, 7) is 6.64. The lowest BCUT2D eigenvalue weighted by atomic mass is 10.1. The molecule has 8 heteroatoms. The van der Waals surface area contributed by atoms with Gasteiger partial charge in [0.25, 0.3) is 17.7 Å². The molecular formula is C25H28N4O4. The van der Waals surface area contributed by atoms with Gasteiger partial charge in [-0.3, -0.25) is 29.0 Å². The predicted molar refractivity (Wildman–Crippen MR) is 123 cm³/mol. The SMILES string of the molecule is CC(C)NC(=O)CN1CCN(C(=O)c2cccc(CN3C(=O)c4ccccc4C3=O)c2)CC1. The molecule has 2 heterocycles. The number of nitrogens with zero attached hydrogens (tertiary/aromatic N) is 3.